The standard InChI is InChI=1S/C14H13N5O2/c1-8-6-9(14(21)16-15)7-12(13(8)20)19-17-10-4-2-3-5-11(10)18-19/h2-7,20H,15H2,1H3,(H,16,21). The van der Waals surface area contributed by atoms with Crippen molar-refractivity contribution in [3.05, 3.63) is 47.5 Å². The van der Waals surface area contributed by atoms with Crippen LogP contribution < -0.4 is 11.3 Å². The highest BCUT2D eigenvalue weighted by atomic mass is 16.3. The third kappa shape index (κ3) is 2.19. The third-order valence-electron chi connectivity index (χ3n) is 3.18. The average Bonchev–Trinajstić information content (AvgIpc) is 2.92. The lowest BCUT2D eigenvalue weighted by Crippen LogP contribution is -2.30. The number of aromatic nitrogens is 3. The topological polar surface area (TPSA) is 106 Å². The SMILES string of the molecule is Cc1cc(C(=O)NN)cc(-n2nc3ccccc3n2)c1O. The Bertz CT molecular complexity index is 807. The summed E-state index contributed by atoms with van der Waals surface area (Å²) in [5.41, 5.74) is 4.64. The van der Waals surface area contributed by atoms with E-state index in [0.29, 0.717) is 27.8 Å². The lowest BCUT2D eigenvalue weighted by molar-refractivity contribution is 0.0953. The molecule has 3 aromatic rings. The van der Waals surface area contributed by atoms with E-state index in [9.17, 15) is 9.90 Å². The van der Waals surface area contributed by atoms with Gasteiger partial charge in [-0.25, -0.2) is 5.84 Å². The highest BCUT2D eigenvalue weighted by molar-refractivity contribution is 5.95. The summed E-state index contributed by atoms with van der Waals surface area (Å²) in [6.45, 7) is 1.69. The molecule has 0 saturated heterocycles. The summed E-state index contributed by atoms with van der Waals surface area (Å²) < 4.78 is 0. The van der Waals surface area contributed by atoms with Gasteiger partial charge in [0, 0.05) is 5.56 Å². The van der Waals surface area contributed by atoms with Crippen LogP contribution >= 0.6 is 0 Å². The number of rotatable bonds is 2. The monoisotopic (exact) mass is 283 g/mol. The Balaban J connectivity index is 2.20. The van der Waals surface area contributed by atoms with Gasteiger partial charge in [0.05, 0.1) is 0 Å². The van der Waals surface area contributed by atoms with E-state index >= 15 is 0 Å². The van der Waals surface area contributed by atoms with Crippen molar-refractivity contribution in [1.82, 2.24) is 20.4 Å². The van der Waals surface area contributed by atoms with Gasteiger partial charge >= 0.3 is 0 Å². The number of aryl methyl sites for hydroxylation is 1. The van der Waals surface area contributed by atoms with Crippen LogP contribution in [0.25, 0.3) is 16.7 Å². The number of phenolic OH excluding ortho intramolecular Hbond substituents is 1. The summed E-state index contributed by atoms with van der Waals surface area (Å²) in [5, 5.41) is 18.8. The summed E-state index contributed by atoms with van der Waals surface area (Å²) in [4.78, 5) is 13.0. The minimum atomic E-state index is -0.448. The van der Waals surface area contributed by atoms with Crippen LogP contribution in [0.1, 0.15) is 15.9 Å². The van der Waals surface area contributed by atoms with Crippen molar-refractivity contribution in [2.24, 2.45) is 5.84 Å². The van der Waals surface area contributed by atoms with Gasteiger partial charge in [0.1, 0.15) is 22.5 Å². The molecule has 1 heterocycles. The molecule has 4 N–H and O–H groups in total. The Hall–Kier alpha value is -2.93. The number of phenols is 1. The zero-order chi connectivity index (χ0) is 15.0. The number of carbonyl (C=O) groups is 1. The maximum atomic E-state index is 11.7. The minimum Gasteiger partial charge on any atom is -0.505 e. The van der Waals surface area contributed by atoms with Gasteiger partial charge < -0.3 is 5.11 Å². The van der Waals surface area contributed by atoms with Gasteiger partial charge in [-0.15, -0.1) is 15.0 Å². The van der Waals surface area contributed by atoms with Gasteiger partial charge in [0.2, 0.25) is 0 Å². The fraction of sp³-hybridized carbons (Fsp3) is 0.0714. The van der Waals surface area contributed by atoms with Gasteiger partial charge in [0.15, 0.2) is 0 Å². The number of amides is 1. The Morgan fingerprint density at radius 1 is 1.24 bits per heavy atom. The summed E-state index contributed by atoms with van der Waals surface area (Å²) in [6, 6.07) is 10.4. The molecule has 0 atom stereocenters. The average molecular weight is 283 g/mol. The van der Waals surface area contributed by atoms with E-state index in [4.69, 9.17) is 5.84 Å². The quantitative estimate of drug-likeness (QED) is 0.370. The van der Waals surface area contributed by atoms with Crippen LogP contribution in [-0.2, 0) is 0 Å². The zero-order valence-corrected chi connectivity index (χ0v) is 11.2. The molecule has 1 aromatic heterocycles. The maximum Gasteiger partial charge on any atom is 0.265 e. The van der Waals surface area contributed by atoms with Crippen LogP contribution in [0.5, 0.6) is 5.75 Å². The van der Waals surface area contributed by atoms with Crippen LogP contribution in [0.4, 0.5) is 0 Å². The molecule has 7 nitrogen and oxygen atoms in total. The number of aromatic hydroxyl groups is 1. The summed E-state index contributed by atoms with van der Waals surface area (Å²) in [6.07, 6.45) is 0. The Morgan fingerprint density at radius 2 is 1.86 bits per heavy atom. The van der Waals surface area contributed by atoms with E-state index in [-0.39, 0.29) is 5.75 Å². The maximum absolute atomic E-state index is 11.7. The lowest BCUT2D eigenvalue weighted by atomic mass is 10.1. The molecule has 0 aliphatic carbocycles. The molecule has 0 bridgehead atoms. The van der Waals surface area contributed by atoms with Crippen molar-refractivity contribution in [3.63, 3.8) is 0 Å². The van der Waals surface area contributed by atoms with Gasteiger partial charge in [-0.1, -0.05) is 12.1 Å². The molecule has 106 valence electrons. The van der Waals surface area contributed by atoms with Crippen molar-refractivity contribution < 1.29 is 9.90 Å². The first-order chi connectivity index (χ1) is 10.1. The second-order valence-electron chi connectivity index (χ2n) is 4.61. The molecule has 0 aliphatic heterocycles. The van der Waals surface area contributed by atoms with Gasteiger partial charge in [0.25, 0.3) is 5.91 Å². The van der Waals surface area contributed by atoms with Crippen LogP contribution in [0.3, 0.4) is 0 Å². The third-order valence-corrected chi connectivity index (χ3v) is 3.18. The van der Waals surface area contributed by atoms with E-state index in [1.807, 2.05) is 24.3 Å². The number of hydrogen-bond donors (Lipinski definition) is 3. The summed E-state index contributed by atoms with van der Waals surface area (Å²) in [5.74, 6) is 4.71. The second-order valence-corrected chi connectivity index (χ2v) is 4.61. The van der Waals surface area contributed by atoms with Gasteiger partial charge in [-0.2, -0.15) is 0 Å². The van der Waals surface area contributed by atoms with E-state index < -0.39 is 5.91 Å². The molecule has 0 aliphatic rings. The van der Waals surface area contributed by atoms with Crippen molar-refractivity contribution >= 4 is 16.9 Å². The molecular formula is C14H13N5O2. The van der Waals surface area contributed by atoms with Crippen molar-refractivity contribution in [3.8, 4) is 11.4 Å². The summed E-state index contributed by atoms with van der Waals surface area (Å²) in [7, 11) is 0. The van der Waals surface area contributed by atoms with Crippen LogP contribution in [0.15, 0.2) is 36.4 Å². The molecule has 2 aromatic carbocycles. The van der Waals surface area contributed by atoms with E-state index in [1.54, 1.807) is 13.0 Å². The van der Waals surface area contributed by atoms with Crippen molar-refractivity contribution in [2.75, 3.05) is 0 Å². The second kappa shape index (κ2) is 4.88. The van der Waals surface area contributed by atoms with Crippen molar-refractivity contribution in [2.45, 2.75) is 6.92 Å². The predicted octanol–water partition coefficient (Wildman–Crippen LogP) is 1.04. The fourth-order valence-electron chi connectivity index (χ4n) is 2.10. The van der Waals surface area contributed by atoms with Gasteiger partial charge in [-0.05, 0) is 36.8 Å². The molecule has 0 radical (unpaired) electrons. The molecule has 1 amide bonds. The number of hydrogen-bond acceptors (Lipinski definition) is 5. The normalized spacial score (nSPS) is 10.8. The number of fused-ring (bicyclic) bond motifs is 1. The largest absolute Gasteiger partial charge is 0.505 e. The predicted molar refractivity (Wildman–Crippen MR) is 76.9 cm³/mol. The highest BCUT2D eigenvalue weighted by Crippen LogP contribution is 2.27. The molecule has 7 heteroatoms. The Labute approximate surface area is 120 Å². The zero-order valence-electron chi connectivity index (χ0n) is 11.2. The number of nitrogens with one attached hydrogen (secondary N) is 1. The molecule has 0 unspecified atom stereocenters. The first-order valence-electron chi connectivity index (χ1n) is 6.27. The van der Waals surface area contributed by atoms with E-state index in [0.717, 1.165) is 0 Å². The molecule has 21 heavy (non-hydrogen) atoms. The molecule has 0 fully saturated rings. The number of nitrogen functional groups attached to an aromatic ring is 1. The first-order valence-corrected chi connectivity index (χ1v) is 6.27. The number of carbonyl (C=O) groups excluding carboxylic acids is 1. The smallest absolute Gasteiger partial charge is 0.265 e. The molecule has 3 rings (SSSR count). The molecule has 0 spiro atoms. The van der Waals surface area contributed by atoms with Crippen molar-refractivity contribution in [1.29, 1.82) is 0 Å². The number of nitrogens with two attached hydrogens (primary N) is 1. The number of benzene rings is 2. The highest BCUT2D eigenvalue weighted by Gasteiger charge is 2.15. The fourth-order valence-corrected chi connectivity index (χ4v) is 2.10. The van der Waals surface area contributed by atoms with Gasteiger partial charge in [-0.3, -0.25) is 10.2 Å². The van der Waals surface area contributed by atoms with Crippen LogP contribution in [-0.4, -0.2) is 26.0 Å². The van der Waals surface area contributed by atoms with Crippen LogP contribution in [0.2, 0.25) is 0 Å². The Kier molecular flexibility index (Phi) is 3.03. The lowest BCUT2D eigenvalue weighted by Gasteiger charge is -2.09. The minimum absolute atomic E-state index is 0.0175. The van der Waals surface area contributed by atoms with Crippen LogP contribution in [0, 0.1) is 6.92 Å². The first kappa shape index (κ1) is 13.1. The van der Waals surface area contributed by atoms with E-state index in [2.05, 4.69) is 15.6 Å². The summed E-state index contributed by atoms with van der Waals surface area (Å²) >= 11 is 0. The number of hydrazine groups is 1. The molecule has 0 saturated carbocycles. The Morgan fingerprint density at radius 3 is 2.43 bits per heavy atom. The number of nitrogens with zero attached hydrogens (tertiary/aromatic N) is 3. The molecular weight excluding hydrogens is 270 g/mol. The van der Waals surface area contributed by atoms with E-state index in [1.165, 1.54) is 10.9 Å².